The first-order valence-corrected chi connectivity index (χ1v) is 5.31. The topological polar surface area (TPSA) is 47.6 Å². The molecule has 0 aromatic rings. The van der Waals surface area contributed by atoms with Crippen molar-refractivity contribution in [2.24, 2.45) is 0 Å². The van der Waals surface area contributed by atoms with Crippen molar-refractivity contribution in [2.45, 2.75) is 45.3 Å². The maximum absolute atomic E-state index is 11.5. The smallest absolute Gasteiger partial charge is 0.407 e. The van der Waals surface area contributed by atoms with E-state index in [1.165, 1.54) is 0 Å². The Kier molecular flexibility index (Phi) is 6.59. The molecule has 0 rings (SSSR count). The second kappa shape index (κ2) is 7.13. The van der Waals surface area contributed by atoms with Gasteiger partial charge in [-0.1, -0.05) is 0 Å². The summed E-state index contributed by atoms with van der Waals surface area (Å²) >= 11 is 0. The van der Waals surface area contributed by atoms with Gasteiger partial charge in [-0.15, -0.1) is 12.3 Å². The van der Waals surface area contributed by atoms with E-state index >= 15 is 0 Å². The summed E-state index contributed by atoms with van der Waals surface area (Å²) in [5.41, 5.74) is -0.494. The van der Waals surface area contributed by atoms with E-state index in [1.54, 1.807) is 7.11 Å². The highest BCUT2D eigenvalue weighted by molar-refractivity contribution is 5.68. The molecule has 1 atom stereocenters. The van der Waals surface area contributed by atoms with Gasteiger partial charge in [-0.3, -0.25) is 0 Å². The van der Waals surface area contributed by atoms with Crippen LogP contribution in [-0.2, 0) is 9.47 Å². The molecule has 0 aromatic heterocycles. The van der Waals surface area contributed by atoms with Gasteiger partial charge < -0.3 is 14.8 Å². The lowest BCUT2D eigenvalue weighted by molar-refractivity contribution is 0.0495. The van der Waals surface area contributed by atoms with Gasteiger partial charge in [0.15, 0.2) is 0 Å². The Labute approximate surface area is 97.7 Å². The van der Waals surface area contributed by atoms with Crippen molar-refractivity contribution in [1.29, 1.82) is 0 Å². The van der Waals surface area contributed by atoms with E-state index < -0.39 is 11.7 Å². The zero-order valence-corrected chi connectivity index (χ0v) is 10.5. The minimum Gasteiger partial charge on any atom is -0.444 e. The van der Waals surface area contributed by atoms with Crippen LogP contribution in [0, 0.1) is 12.3 Å². The van der Waals surface area contributed by atoms with Crippen LogP contribution < -0.4 is 5.32 Å². The van der Waals surface area contributed by atoms with Crippen LogP contribution in [0.3, 0.4) is 0 Å². The summed E-state index contributed by atoms with van der Waals surface area (Å²) in [6.07, 6.45) is 5.94. The van der Waals surface area contributed by atoms with Crippen molar-refractivity contribution < 1.29 is 14.3 Å². The monoisotopic (exact) mass is 227 g/mol. The maximum atomic E-state index is 11.5. The van der Waals surface area contributed by atoms with Crippen LogP contribution >= 0.6 is 0 Å². The summed E-state index contributed by atoms with van der Waals surface area (Å²) < 4.78 is 10.1. The van der Waals surface area contributed by atoms with Gasteiger partial charge in [0.2, 0.25) is 0 Å². The molecule has 0 aromatic carbocycles. The van der Waals surface area contributed by atoms with Gasteiger partial charge in [-0.2, -0.15) is 0 Å². The molecule has 92 valence electrons. The molecule has 1 unspecified atom stereocenters. The van der Waals surface area contributed by atoms with Crippen molar-refractivity contribution in [3.05, 3.63) is 0 Å². The molecule has 4 heteroatoms. The van der Waals surface area contributed by atoms with Crippen LogP contribution in [0.15, 0.2) is 0 Å². The van der Waals surface area contributed by atoms with E-state index in [2.05, 4.69) is 11.2 Å². The molecule has 0 fully saturated rings. The molecule has 0 aliphatic heterocycles. The quantitative estimate of drug-likeness (QED) is 0.730. The van der Waals surface area contributed by atoms with Crippen molar-refractivity contribution in [3.8, 4) is 12.3 Å². The third kappa shape index (κ3) is 8.13. The molecule has 1 amide bonds. The first kappa shape index (κ1) is 14.8. The normalized spacial score (nSPS) is 12.7. The lowest BCUT2D eigenvalue weighted by Crippen LogP contribution is -2.39. The lowest BCUT2D eigenvalue weighted by atomic mass is 10.1. The number of alkyl carbamates (subject to hydrolysis) is 1. The highest BCUT2D eigenvalue weighted by Gasteiger charge is 2.18. The number of carbonyl (C=O) groups excluding carboxylic acids is 1. The van der Waals surface area contributed by atoms with E-state index in [1.807, 2.05) is 20.8 Å². The number of nitrogens with one attached hydrogen (secondary N) is 1. The molecule has 0 bridgehead atoms. The fraction of sp³-hybridized carbons (Fsp3) is 0.750. The number of hydrogen-bond acceptors (Lipinski definition) is 3. The largest absolute Gasteiger partial charge is 0.444 e. The number of rotatable bonds is 5. The fourth-order valence-corrected chi connectivity index (χ4v) is 1.10. The third-order valence-electron chi connectivity index (χ3n) is 1.76. The first-order chi connectivity index (χ1) is 7.39. The summed E-state index contributed by atoms with van der Waals surface area (Å²) in [7, 11) is 1.61. The van der Waals surface area contributed by atoms with Gasteiger partial charge in [-0.25, -0.2) is 4.79 Å². The van der Waals surface area contributed by atoms with E-state index in [-0.39, 0.29) is 6.04 Å². The standard InChI is InChI=1S/C12H21NO3/c1-6-7-10(8-9-15-5)13-11(14)16-12(2,3)4/h1,10H,7-9H2,2-5H3,(H,13,14). The molecule has 4 nitrogen and oxygen atoms in total. The minimum absolute atomic E-state index is 0.0974. The number of methoxy groups -OCH3 is 1. The Balaban J connectivity index is 4.08. The highest BCUT2D eigenvalue weighted by Crippen LogP contribution is 2.07. The third-order valence-corrected chi connectivity index (χ3v) is 1.76. The Bertz CT molecular complexity index is 250. The molecule has 16 heavy (non-hydrogen) atoms. The predicted molar refractivity (Wildman–Crippen MR) is 63.1 cm³/mol. The summed E-state index contributed by atoms with van der Waals surface area (Å²) in [6.45, 7) is 6.01. The SMILES string of the molecule is C#CCC(CCOC)NC(=O)OC(C)(C)C. The van der Waals surface area contributed by atoms with Crippen LogP contribution in [0.1, 0.15) is 33.6 Å². The molecule has 0 heterocycles. The number of terminal acetylenes is 1. The molecule has 0 aliphatic carbocycles. The van der Waals surface area contributed by atoms with E-state index in [0.29, 0.717) is 19.4 Å². The molecule has 0 radical (unpaired) electrons. The van der Waals surface area contributed by atoms with Crippen molar-refractivity contribution >= 4 is 6.09 Å². The number of ether oxygens (including phenoxy) is 2. The molecule has 0 saturated heterocycles. The molecule has 0 saturated carbocycles. The lowest BCUT2D eigenvalue weighted by Gasteiger charge is -2.22. The molecule has 1 N–H and O–H groups in total. The predicted octanol–water partition coefficient (Wildman–Crippen LogP) is 1.94. The number of amides is 1. The molecular formula is C12H21NO3. The summed E-state index contributed by atoms with van der Waals surface area (Å²) in [5, 5.41) is 2.73. The molecule has 0 aliphatic rings. The first-order valence-electron chi connectivity index (χ1n) is 5.31. The van der Waals surface area contributed by atoms with E-state index in [9.17, 15) is 4.79 Å². The molecular weight excluding hydrogens is 206 g/mol. The number of hydrogen-bond donors (Lipinski definition) is 1. The van der Waals surface area contributed by atoms with Crippen molar-refractivity contribution in [3.63, 3.8) is 0 Å². The van der Waals surface area contributed by atoms with Gasteiger partial charge in [0.25, 0.3) is 0 Å². The van der Waals surface area contributed by atoms with Crippen LogP contribution in [0.2, 0.25) is 0 Å². The zero-order chi connectivity index (χ0) is 12.6. The Morgan fingerprint density at radius 2 is 2.12 bits per heavy atom. The molecule has 0 spiro atoms. The van der Waals surface area contributed by atoms with Gasteiger partial charge in [0, 0.05) is 26.2 Å². The summed E-state index contributed by atoms with van der Waals surface area (Å²) in [4.78, 5) is 11.5. The Morgan fingerprint density at radius 1 is 1.50 bits per heavy atom. The Morgan fingerprint density at radius 3 is 2.56 bits per heavy atom. The zero-order valence-electron chi connectivity index (χ0n) is 10.5. The van der Waals surface area contributed by atoms with Crippen molar-refractivity contribution in [1.82, 2.24) is 5.32 Å². The fourth-order valence-electron chi connectivity index (χ4n) is 1.10. The maximum Gasteiger partial charge on any atom is 0.407 e. The van der Waals surface area contributed by atoms with E-state index in [0.717, 1.165) is 0 Å². The Hall–Kier alpha value is -1.21. The average molecular weight is 227 g/mol. The second-order valence-electron chi connectivity index (χ2n) is 4.53. The summed E-state index contributed by atoms with van der Waals surface area (Å²) in [5.74, 6) is 2.52. The average Bonchev–Trinajstić information content (AvgIpc) is 2.11. The van der Waals surface area contributed by atoms with Crippen LogP contribution in [0.4, 0.5) is 4.79 Å². The highest BCUT2D eigenvalue weighted by atomic mass is 16.6. The minimum atomic E-state index is -0.494. The van der Waals surface area contributed by atoms with Crippen LogP contribution in [0.25, 0.3) is 0 Å². The van der Waals surface area contributed by atoms with Gasteiger partial charge in [0.1, 0.15) is 5.60 Å². The van der Waals surface area contributed by atoms with Gasteiger partial charge >= 0.3 is 6.09 Å². The van der Waals surface area contributed by atoms with Crippen LogP contribution in [0.5, 0.6) is 0 Å². The summed E-state index contributed by atoms with van der Waals surface area (Å²) in [6, 6.07) is -0.0974. The second-order valence-corrected chi connectivity index (χ2v) is 4.53. The van der Waals surface area contributed by atoms with Gasteiger partial charge in [0.05, 0.1) is 0 Å². The van der Waals surface area contributed by atoms with Gasteiger partial charge in [-0.05, 0) is 27.2 Å². The number of carbonyl (C=O) groups is 1. The van der Waals surface area contributed by atoms with Crippen LogP contribution in [-0.4, -0.2) is 31.5 Å². The van der Waals surface area contributed by atoms with Crippen molar-refractivity contribution in [2.75, 3.05) is 13.7 Å². The van der Waals surface area contributed by atoms with E-state index in [4.69, 9.17) is 15.9 Å².